The van der Waals surface area contributed by atoms with Crippen molar-refractivity contribution < 1.29 is 9.59 Å². The predicted molar refractivity (Wildman–Crippen MR) is 110 cm³/mol. The molecule has 1 N–H and O–H groups in total. The maximum atomic E-state index is 12.9. The lowest BCUT2D eigenvalue weighted by molar-refractivity contribution is -0.124. The van der Waals surface area contributed by atoms with E-state index in [-0.39, 0.29) is 30.3 Å². The van der Waals surface area contributed by atoms with Gasteiger partial charge in [0.1, 0.15) is 6.54 Å². The molecule has 5 nitrogen and oxygen atoms in total. The third-order valence-electron chi connectivity index (χ3n) is 3.72. The Balaban J connectivity index is 1.94. The van der Waals surface area contributed by atoms with Gasteiger partial charge in [-0.05, 0) is 61.0 Å². The first-order chi connectivity index (χ1) is 12.2. The number of hydrogen-bond donors (Lipinski definition) is 1. The van der Waals surface area contributed by atoms with Crippen molar-refractivity contribution in [3.8, 4) is 0 Å². The number of halogens is 1. The molecule has 26 heavy (non-hydrogen) atoms. The zero-order valence-electron chi connectivity index (χ0n) is 14.9. The van der Waals surface area contributed by atoms with Gasteiger partial charge in [0.05, 0.1) is 32.2 Å². The number of rotatable bonds is 3. The fraction of sp³-hybridized carbons (Fsp3) is 0.316. The van der Waals surface area contributed by atoms with Crippen LogP contribution in [-0.4, -0.2) is 29.6 Å². The summed E-state index contributed by atoms with van der Waals surface area (Å²) >= 11 is 4.99. The molecule has 7 heteroatoms. The molecule has 0 bridgehead atoms. The molecule has 0 aliphatic carbocycles. The maximum Gasteiger partial charge on any atom is 0.240 e. The Kier molecular flexibility index (Phi) is 5.29. The van der Waals surface area contributed by atoms with Gasteiger partial charge < -0.3 is 10.2 Å². The highest BCUT2D eigenvalue weighted by molar-refractivity contribution is 9.11. The summed E-state index contributed by atoms with van der Waals surface area (Å²) < 4.78 is 0.988. The van der Waals surface area contributed by atoms with Crippen LogP contribution in [0.5, 0.6) is 0 Å². The first-order valence-electron chi connectivity index (χ1n) is 8.26. The van der Waals surface area contributed by atoms with Crippen LogP contribution in [0.3, 0.4) is 0 Å². The highest BCUT2D eigenvalue weighted by atomic mass is 79.9. The topological polar surface area (TPSA) is 61.8 Å². The van der Waals surface area contributed by atoms with E-state index in [4.69, 9.17) is 4.99 Å². The number of fused-ring (bicyclic) bond motifs is 1. The predicted octanol–water partition coefficient (Wildman–Crippen LogP) is 4.28. The summed E-state index contributed by atoms with van der Waals surface area (Å²) in [6.45, 7) is 5.72. The van der Waals surface area contributed by atoms with Gasteiger partial charge in [0.2, 0.25) is 11.8 Å². The molecule has 2 heterocycles. The lowest BCUT2D eigenvalue weighted by Gasteiger charge is -2.25. The monoisotopic (exact) mass is 433 g/mol. The van der Waals surface area contributed by atoms with Crippen molar-refractivity contribution in [2.75, 3.05) is 11.4 Å². The van der Waals surface area contributed by atoms with Crippen molar-refractivity contribution in [2.45, 2.75) is 32.7 Å². The van der Waals surface area contributed by atoms with E-state index in [1.54, 1.807) is 0 Å². The summed E-state index contributed by atoms with van der Waals surface area (Å²) in [6, 6.07) is 11.3. The number of nitrogens with one attached hydrogen (secondary N) is 1. The number of benzene rings is 1. The maximum absolute atomic E-state index is 12.9. The Morgan fingerprint density at radius 1 is 1.27 bits per heavy atom. The zero-order chi connectivity index (χ0) is 18.9. The quantitative estimate of drug-likeness (QED) is 0.784. The van der Waals surface area contributed by atoms with E-state index < -0.39 is 0 Å². The van der Waals surface area contributed by atoms with Gasteiger partial charge in [-0.15, -0.1) is 11.3 Å². The summed E-state index contributed by atoms with van der Waals surface area (Å²) in [7, 11) is 0. The summed E-state index contributed by atoms with van der Waals surface area (Å²) in [5, 5.41) is 2.91. The third kappa shape index (κ3) is 4.40. The number of para-hydroxylation sites is 2. The summed E-state index contributed by atoms with van der Waals surface area (Å²) in [5.41, 5.74) is 1.72. The number of carbonyl (C=O) groups is 2. The van der Waals surface area contributed by atoms with E-state index in [2.05, 4.69) is 21.2 Å². The van der Waals surface area contributed by atoms with E-state index in [9.17, 15) is 9.59 Å². The van der Waals surface area contributed by atoms with Crippen molar-refractivity contribution in [2.24, 2.45) is 4.99 Å². The number of aliphatic imine (C=N–C) groups is 1. The minimum absolute atomic E-state index is 0.0238. The van der Waals surface area contributed by atoms with Gasteiger partial charge in [-0.2, -0.15) is 0 Å². The van der Waals surface area contributed by atoms with E-state index >= 15 is 0 Å². The molecule has 0 spiro atoms. The van der Waals surface area contributed by atoms with Crippen LogP contribution in [0.4, 0.5) is 11.4 Å². The number of nitrogens with zero attached hydrogens (tertiary/aromatic N) is 2. The molecular weight excluding hydrogens is 414 g/mol. The molecule has 0 atom stereocenters. The largest absolute Gasteiger partial charge is 0.350 e. The molecule has 0 saturated heterocycles. The Morgan fingerprint density at radius 2 is 2.00 bits per heavy atom. The molecule has 0 unspecified atom stereocenters. The van der Waals surface area contributed by atoms with Gasteiger partial charge in [-0.3, -0.25) is 9.59 Å². The van der Waals surface area contributed by atoms with Crippen molar-refractivity contribution in [3.05, 3.63) is 45.1 Å². The average molecular weight is 434 g/mol. The van der Waals surface area contributed by atoms with Crippen molar-refractivity contribution in [1.82, 2.24) is 5.32 Å². The second kappa shape index (κ2) is 7.32. The lowest BCUT2D eigenvalue weighted by Crippen LogP contribution is -2.47. The molecule has 2 aromatic rings. The SMILES string of the molecule is CC(C)(C)NC(=O)CN1C(=O)CC(c2ccc(Br)s2)=Nc2ccccc21. The standard InChI is InChI=1S/C19H20BrN3O2S/c1-19(2,3)22-17(24)11-23-14-7-5-4-6-12(14)21-13(10-18(23)25)15-8-9-16(20)26-15/h4-9H,10-11H2,1-3H3,(H,22,24). The zero-order valence-corrected chi connectivity index (χ0v) is 17.3. The Bertz CT molecular complexity index is 883. The molecule has 0 fully saturated rings. The van der Waals surface area contributed by atoms with Crippen molar-refractivity contribution in [1.29, 1.82) is 0 Å². The molecule has 3 rings (SSSR count). The van der Waals surface area contributed by atoms with Crippen LogP contribution in [0.2, 0.25) is 0 Å². The number of hydrogen-bond acceptors (Lipinski definition) is 4. The summed E-state index contributed by atoms with van der Waals surface area (Å²) in [5.74, 6) is -0.328. The summed E-state index contributed by atoms with van der Waals surface area (Å²) in [6.07, 6.45) is 0.157. The Labute approximate surface area is 165 Å². The van der Waals surface area contributed by atoms with Crippen LogP contribution in [0, 0.1) is 0 Å². The fourth-order valence-electron chi connectivity index (χ4n) is 2.73. The molecule has 0 saturated carbocycles. The minimum atomic E-state index is -0.351. The van der Waals surface area contributed by atoms with Crippen LogP contribution in [-0.2, 0) is 9.59 Å². The van der Waals surface area contributed by atoms with E-state index in [0.29, 0.717) is 11.4 Å². The van der Waals surface area contributed by atoms with Crippen LogP contribution in [0.1, 0.15) is 32.1 Å². The average Bonchev–Trinajstić information content (AvgIpc) is 2.91. The second-order valence-corrected chi connectivity index (χ2v) is 9.57. The van der Waals surface area contributed by atoms with Crippen LogP contribution < -0.4 is 10.2 Å². The normalized spacial score (nSPS) is 14.5. The van der Waals surface area contributed by atoms with Gasteiger partial charge in [0.25, 0.3) is 0 Å². The number of anilines is 1. The molecule has 1 aliphatic heterocycles. The Hall–Kier alpha value is -1.99. The molecule has 136 valence electrons. The lowest BCUT2D eigenvalue weighted by atomic mass is 10.1. The fourth-order valence-corrected chi connectivity index (χ4v) is 4.10. The van der Waals surface area contributed by atoms with Crippen molar-refractivity contribution >= 4 is 56.2 Å². The van der Waals surface area contributed by atoms with Gasteiger partial charge in [0, 0.05) is 5.54 Å². The first kappa shape index (κ1) is 18.8. The van der Waals surface area contributed by atoms with Gasteiger partial charge in [-0.25, -0.2) is 4.99 Å². The number of thiophene rings is 1. The third-order valence-corrected chi connectivity index (χ3v) is 5.39. The van der Waals surface area contributed by atoms with Gasteiger partial charge in [0.15, 0.2) is 0 Å². The van der Waals surface area contributed by atoms with E-state index in [1.165, 1.54) is 16.2 Å². The minimum Gasteiger partial charge on any atom is -0.350 e. The number of amides is 2. The van der Waals surface area contributed by atoms with Gasteiger partial charge in [-0.1, -0.05) is 12.1 Å². The van der Waals surface area contributed by atoms with E-state index in [0.717, 1.165) is 14.4 Å². The highest BCUT2D eigenvalue weighted by Gasteiger charge is 2.28. The first-order valence-corrected chi connectivity index (χ1v) is 9.87. The van der Waals surface area contributed by atoms with E-state index in [1.807, 2.05) is 57.2 Å². The van der Waals surface area contributed by atoms with Crippen LogP contribution in [0.25, 0.3) is 0 Å². The van der Waals surface area contributed by atoms with Crippen LogP contribution in [0.15, 0.2) is 45.2 Å². The highest BCUT2D eigenvalue weighted by Crippen LogP contribution is 2.34. The molecule has 1 aromatic carbocycles. The molecule has 2 amide bonds. The second-order valence-electron chi connectivity index (χ2n) is 7.11. The molecule has 0 radical (unpaired) electrons. The van der Waals surface area contributed by atoms with Crippen molar-refractivity contribution in [3.63, 3.8) is 0 Å². The Morgan fingerprint density at radius 3 is 2.65 bits per heavy atom. The molecular formula is C19H20BrN3O2S. The van der Waals surface area contributed by atoms with Gasteiger partial charge >= 0.3 is 0 Å². The molecule has 1 aromatic heterocycles. The van der Waals surface area contributed by atoms with Crippen LogP contribution >= 0.6 is 27.3 Å². The summed E-state index contributed by atoms with van der Waals surface area (Å²) in [4.78, 5) is 32.5. The number of carbonyl (C=O) groups excluding carboxylic acids is 2. The molecule has 1 aliphatic rings. The smallest absolute Gasteiger partial charge is 0.240 e.